The van der Waals surface area contributed by atoms with Crippen molar-refractivity contribution in [2.45, 2.75) is 39.8 Å². The summed E-state index contributed by atoms with van der Waals surface area (Å²) >= 11 is 0. The number of rotatable bonds is 11. The molecule has 0 saturated carbocycles. The molecule has 158 valence electrons. The number of aliphatic imine (C=N–C) groups is 1. The second kappa shape index (κ2) is 12.5. The van der Waals surface area contributed by atoms with Crippen molar-refractivity contribution in [1.82, 2.24) is 15.6 Å². The average Bonchev–Trinajstić information content (AvgIpc) is 2.71. The molecule has 0 bridgehead atoms. The Bertz CT molecular complexity index is 758. The van der Waals surface area contributed by atoms with Crippen LogP contribution in [-0.4, -0.2) is 37.3 Å². The Labute approximate surface area is 170 Å². The molecular formula is C21H28F2N4O2. The summed E-state index contributed by atoms with van der Waals surface area (Å²) in [6.45, 7) is 3.08. The largest absolute Gasteiger partial charge is 0.493 e. The zero-order valence-corrected chi connectivity index (χ0v) is 16.8. The van der Waals surface area contributed by atoms with E-state index in [0.717, 1.165) is 18.4 Å². The lowest BCUT2D eigenvalue weighted by atomic mass is 10.2. The van der Waals surface area contributed by atoms with Gasteiger partial charge in [-0.2, -0.15) is 8.78 Å². The van der Waals surface area contributed by atoms with E-state index in [2.05, 4.69) is 25.3 Å². The van der Waals surface area contributed by atoms with Crippen LogP contribution in [0.2, 0.25) is 0 Å². The number of benzene rings is 1. The number of alkyl halides is 2. The predicted molar refractivity (Wildman–Crippen MR) is 110 cm³/mol. The highest BCUT2D eigenvalue weighted by atomic mass is 19.3. The predicted octanol–water partition coefficient (Wildman–Crippen LogP) is 3.77. The van der Waals surface area contributed by atoms with E-state index in [1.54, 1.807) is 18.3 Å². The summed E-state index contributed by atoms with van der Waals surface area (Å²) in [7, 11) is 0. The number of halogens is 2. The molecule has 2 N–H and O–H groups in total. The minimum atomic E-state index is -2.91. The molecule has 0 atom stereocenters. The first kappa shape index (κ1) is 22.4. The maximum atomic E-state index is 12.8. The fraction of sp³-hybridized carbons (Fsp3) is 0.429. The first-order chi connectivity index (χ1) is 14.1. The van der Waals surface area contributed by atoms with Gasteiger partial charge < -0.3 is 20.1 Å². The van der Waals surface area contributed by atoms with E-state index < -0.39 is 6.61 Å². The monoisotopic (exact) mass is 406 g/mol. The molecule has 0 fully saturated rings. The van der Waals surface area contributed by atoms with E-state index in [4.69, 9.17) is 4.74 Å². The van der Waals surface area contributed by atoms with Crippen LogP contribution in [0.3, 0.4) is 0 Å². The highest BCUT2D eigenvalue weighted by Crippen LogP contribution is 2.27. The minimum Gasteiger partial charge on any atom is -0.493 e. The van der Waals surface area contributed by atoms with E-state index in [-0.39, 0.29) is 12.3 Å². The van der Waals surface area contributed by atoms with Gasteiger partial charge in [0, 0.05) is 37.1 Å². The van der Waals surface area contributed by atoms with Gasteiger partial charge in [-0.05, 0) is 43.5 Å². The Hall–Kier alpha value is -2.90. The van der Waals surface area contributed by atoms with Gasteiger partial charge in [0.05, 0.1) is 13.2 Å². The fourth-order valence-corrected chi connectivity index (χ4v) is 2.56. The molecule has 1 aromatic heterocycles. The minimum absolute atomic E-state index is 0.0727. The van der Waals surface area contributed by atoms with Crippen LogP contribution in [0.15, 0.2) is 47.7 Å². The molecule has 2 aromatic rings. The molecule has 1 aromatic carbocycles. The van der Waals surface area contributed by atoms with Crippen LogP contribution in [0.1, 0.15) is 31.4 Å². The van der Waals surface area contributed by atoms with Crippen LogP contribution < -0.4 is 20.1 Å². The van der Waals surface area contributed by atoms with Crippen molar-refractivity contribution >= 4 is 5.96 Å². The lowest BCUT2D eigenvalue weighted by Crippen LogP contribution is -2.38. The summed E-state index contributed by atoms with van der Waals surface area (Å²) in [6, 6.07) is 8.82. The molecule has 0 aliphatic rings. The van der Waals surface area contributed by atoms with Crippen molar-refractivity contribution in [3.8, 4) is 11.5 Å². The standard InChI is InChI=1S/C21H28F2N4O2/c1-3-12-28-18-8-7-17(19(13-18)29-20(22)23)15-27-21(25-4-2)26-11-9-16-6-5-10-24-14-16/h5-8,10,13-14,20H,3-4,9,11-12,15H2,1-2H3,(H2,25,26,27). The fourth-order valence-electron chi connectivity index (χ4n) is 2.56. The van der Waals surface area contributed by atoms with Gasteiger partial charge in [-0.15, -0.1) is 0 Å². The maximum Gasteiger partial charge on any atom is 0.387 e. The molecule has 0 saturated heterocycles. The SMILES string of the molecule is CCCOc1ccc(CN=C(NCC)NCCc2cccnc2)c(OC(F)F)c1. The zero-order valence-electron chi connectivity index (χ0n) is 16.8. The summed E-state index contributed by atoms with van der Waals surface area (Å²) in [5.41, 5.74) is 1.67. The van der Waals surface area contributed by atoms with Crippen molar-refractivity contribution in [3.63, 3.8) is 0 Å². The van der Waals surface area contributed by atoms with Gasteiger partial charge in [0.25, 0.3) is 0 Å². The number of hydrogen-bond acceptors (Lipinski definition) is 4. The van der Waals surface area contributed by atoms with Crippen LogP contribution in [0, 0.1) is 0 Å². The van der Waals surface area contributed by atoms with Gasteiger partial charge in [-0.1, -0.05) is 13.0 Å². The lowest BCUT2D eigenvalue weighted by molar-refractivity contribution is -0.0505. The molecule has 1 heterocycles. The summed E-state index contributed by atoms with van der Waals surface area (Å²) in [5.74, 6) is 1.17. The molecular weight excluding hydrogens is 378 g/mol. The van der Waals surface area contributed by atoms with Crippen LogP contribution in [0.5, 0.6) is 11.5 Å². The Morgan fingerprint density at radius 1 is 1.21 bits per heavy atom. The first-order valence-electron chi connectivity index (χ1n) is 9.74. The molecule has 2 rings (SSSR count). The Morgan fingerprint density at radius 3 is 2.76 bits per heavy atom. The van der Waals surface area contributed by atoms with Crippen LogP contribution in [-0.2, 0) is 13.0 Å². The van der Waals surface area contributed by atoms with E-state index >= 15 is 0 Å². The number of pyridine rings is 1. The topological polar surface area (TPSA) is 67.8 Å². The number of hydrogen-bond donors (Lipinski definition) is 2. The van der Waals surface area contributed by atoms with Gasteiger partial charge in [0.2, 0.25) is 0 Å². The van der Waals surface area contributed by atoms with E-state index in [1.165, 1.54) is 6.07 Å². The lowest BCUT2D eigenvalue weighted by Gasteiger charge is -2.14. The number of ether oxygens (including phenoxy) is 2. The van der Waals surface area contributed by atoms with Crippen LogP contribution in [0.25, 0.3) is 0 Å². The molecule has 0 unspecified atom stereocenters. The molecule has 0 spiro atoms. The third-order valence-electron chi connectivity index (χ3n) is 3.91. The van der Waals surface area contributed by atoms with Crippen LogP contribution >= 0.6 is 0 Å². The summed E-state index contributed by atoms with van der Waals surface area (Å²) in [5, 5.41) is 6.38. The third-order valence-corrected chi connectivity index (χ3v) is 3.91. The third kappa shape index (κ3) is 8.33. The molecule has 0 radical (unpaired) electrons. The highest BCUT2D eigenvalue weighted by Gasteiger charge is 2.12. The van der Waals surface area contributed by atoms with Crippen molar-refractivity contribution in [3.05, 3.63) is 53.9 Å². The Morgan fingerprint density at radius 2 is 2.07 bits per heavy atom. The zero-order chi connectivity index (χ0) is 20.9. The average molecular weight is 406 g/mol. The highest BCUT2D eigenvalue weighted by molar-refractivity contribution is 5.79. The van der Waals surface area contributed by atoms with E-state index in [1.807, 2.05) is 32.2 Å². The van der Waals surface area contributed by atoms with E-state index in [0.29, 0.717) is 37.0 Å². The maximum absolute atomic E-state index is 12.8. The van der Waals surface area contributed by atoms with Gasteiger partial charge in [-0.3, -0.25) is 4.98 Å². The second-order valence-corrected chi connectivity index (χ2v) is 6.23. The van der Waals surface area contributed by atoms with E-state index in [9.17, 15) is 8.78 Å². The molecule has 29 heavy (non-hydrogen) atoms. The number of nitrogens with zero attached hydrogens (tertiary/aromatic N) is 2. The number of aromatic nitrogens is 1. The van der Waals surface area contributed by atoms with Gasteiger partial charge in [-0.25, -0.2) is 4.99 Å². The van der Waals surface area contributed by atoms with Crippen molar-refractivity contribution in [1.29, 1.82) is 0 Å². The first-order valence-corrected chi connectivity index (χ1v) is 9.74. The second-order valence-electron chi connectivity index (χ2n) is 6.23. The normalized spacial score (nSPS) is 11.4. The molecule has 0 aliphatic carbocycles. The van der Waals surface area contributed by atoms with Gasteiger partial charge in [0.1, 0.15) is 11.5 Å². The van der Waals surface area contributed by atoms with Crippen LogP contribution in [0.4, 0.5) is 8.78 Å². The molecule has 6 nitrogen and oxygen atoms in total. The number of guanidine groups is 1. The summed E-state index contributed by atoms with van der Waals surface area (Å²) in [6.07, 6.45) is 5.18. The molecule has 0 aliphatic heterocycles. The summed E-state index contributed by atoms with van der Waals surface area (Å²) in [4.78, 5) is 8.58. The van der Waals surface area contributed by atoms with Gasteiger partial charge in [0.15, 0.2) is 5.96 Å². The number of nitrogens with one attached hydrogen (secondary N) is 2. The van der Waals surface area contributed by atoms with Gasteiger partial charge >= 0.3 is 6.61 Å². The summed E-state index contributed by atoms with van der Waals surface area (Å²) < 4.78 is 35.8. The van der Waals surface area contributed by atoms with Crippen molar-refractivity contribution < 1.29 is 18.3 Å². The van der Waals surface area contributed by atoms with Crippen molar-refractivity contribution in [2.24, 2.45) is 4.99 Å². The smallest absolute Gasteiger partial charge is 0.387 e. The van der Waals surface area contributed by atoms with Crippen molar-refractivity contribution in [2.75, 3.05) is 19.7 Å². The Balaban J connectivity index is 2.03. The molecule has 0 amide bonds. The molecule has 8 heteroatoms. The Kier molecular flexibility index (Phi) is 9.68. The quantitative estimate of drug-likeness (QED) is 0.439.